The highest BCUT2D eigenvalue weighted by molar-refractivity contribution is 9.10. The lowest BCUT2D eigenvalue weighted by Crippen LogP contribution is -2.44. The van der Waals surface area contributed by atoms with Gasteiger partial charge in [0.05, 0.1) is 17.8 Å². The molecule has 0 spiro atoms. The molecule has 1 N–H and O–H groups in total. The first-order chi connectivity index (χ1) is 17.1. The summed E-state index contributed by atoms with van der Waals surface area (Å²) >= 11 is 4.31. The van der Waals surface area contributed by atoms with Gasteiger partial charge < -0.3 is 5.32 Å². The van der Waals surface area contributed by atoms with Crippen molar-refractivity contribution in [1.82, 2.24) is 4.90 Å². The number of halogens is 5. The van der Waals surface area contributed by atoms with Crippen molar-refractivity contribution in [2.45, 2.75) is 24.4 Å². The van der Waals surface area contributed by atoms with E-state index in [0.29, 0.717) is 11.3 Å². The molecular formula is C25H18BrF4N3O2S. The van der Waals surface area contributed by atoms with E-state index < -0.39 is 34.6 Å². The number of anilines is 1. The normalized spacial score (nSPS) is 17.4. The van der Waals surface area contributed by atoms with E-state index in [1.807, 2.05) is 0 Å². The van der Waals surface area contributed by atoms with E-state index in [2.05, 4.69) is 26.2 Å². The summed E-state index contributed by atoms with van der Waals surface area (Å²) in [5.41, 5.74) is 0.217. The molecule has 2 amide bonds. The number of nitrogens with zero attached hydrogens (tertiary/aromatic N) is 2. The van der Waals surface area contributed by atoms with Crippen LogP contribution in [0.3, 0.4) is 0 Å². The van der Waals surface area contributed by atoms with E-state index in [1.165, 1.54) is 41.3 Å². The van der Waals surface area contributed by atoms with Crippen LogP contribution in [-0.4, -0.2) is 27.1 Å². The third-order valence-electron chi connectivity index (χ3n) is 5.18. The molecule has 1 atom stereocenters. The second-order valence-electron chi connectivity index (χ2n) is 7.86. The van der Waals surface area contributed by atoms with Gasteiger partial charge in [0.25, 0.3) is 0 Å². The minimum atomic E-state index is -4.56. The van der Waals surface area contributed by atoms with Crippen molar-refractivity contribution in [2.75, 3.05) is 5.32 Å². The Morgan fingerprint density at radius 3 is 2.50 bits per heavy atom. The minimum absolute atomic E-state index is 0.0164. The fraction of sp³-hybridized carbons (Fsp3) is 0.160. The Balaban J connectivity index is 1.64. The van der Waals surface area contributed by atoms with Crippen molar-refractivity contribution in [3.05, 3.63) is 94.2 Å². The topological polar surface area (TPSA) is 61.8 Å². The smallest absolute Gasteiger partial charge is 0.325 e. The Morgan fingerprint density at radius 1 is 1.08 bits per heavy atom. The van der Waals surface area contributed by atoms with Gasteiger partial charge in [0, 0.05) is 16.6 Å². The van der Waals surface area contributed by atoms with Crippen LogP contribution in [0.15, 0.2) is 82.3 Å². The molecule has 3 aromatic rings. The number of alkyl halides is 3. The number of rotatable bonds is 5. The number of carbonyl (C=O) groups is 2. The van der Waals surface area contributed by atoms with Crippen LogP contribution in [0.4, 0.5) is 28.9 Å². The third-order valence-corrected chi connectivity index (χ3v) is 6.86. The van der Waals surface area contributed by atoms with Crippen LogP contribution >= 0.6 is 27.7 Å². The molecule has 1 unspecified atom stereocenters. The molecule has 1 saturated heterocycles. The van der Waals surface area contributed by atoms with E-state index in [4.69, 9.17) is 0 Å². The van der Waals surface area contributed by atoms with E-state index in [1.54, 1.807) is 24.3 Å². The lowest BCUT2D eigenvalue weighted by atomic mass is 10.2. The first-order valence-corrected chi connectivity index (χ1v) is 12.3. The number of amides is 2. The Hall–Kier alpha value is -3.18. The molecule has 5 nitrogen and oxygen atoms in total. The van der Waals surface area contributed by atoms with Crippen molar-refractivity contribution in [1.29, 1.82) is 0 Å². The van der Waals surface area contributed by atoms with E-state index in [0.717, 1.165) is 28.4 Å². The molecule has 11 heteroatoms. The molecule has 1 aliphatic rings. The Labute approximate surface area is 216 Å². The van der Waals surface area contributed by atoms with Crippen LogP contribution in [0.25, 0.3) is 0 Å². The summed E-state index contributed by atoms with van der Waals surface area (Å²) < 4.78 is 53.7. The summed E-state index contributed by atoms with van der Waals surface area (Å²) in [6, 6.07) is 16.8. The zero-order chi connectivity index (χ0) is 25.9. The van der Waals surface area contributed by atoms with Gasteiger partial charge in [-0.05, 0) is 54.1 Å². The largest absolute Gasteiger partial charge is 0.416 e. The molecule has 0 aliphatic carbocycles. The molecule has 1 aliphatic heterocycles. The fourth-order valence-electron chi connectivity index (χ4n) is 3.42. The molecule has 36 heavy (non-hydrogen) atoms. The second-order valence-corrected chi connectivity index (χ2v) is 9.94. The lowest BCUT2D eigenvalue weighted by molar-refractivity contribution is -0.137. The van der Waals surface area contributed by atoms with Crippen molar-refractivity contribution in [2.24, 2.45) is 4.99 Å². The van der Waals surface area contributed by atoms with Crippen molar-refractivity contribution < 1.29 is 27.2 Å². The molecule has 1 heterocycles. The van der Waals surface area contributed by atoms with Crippen LogP contribution in [0.2, 0.25) is 0 Å². The molecule has 0 aromatic heterocycles. The van der Waals surface area contributed by atoms with Gasteiger partial charge in [0.2, 0.25) is 11.8 Å². The number of hydrogen-bond acceptors (Lipinski definition) is 4. The number of carbonyl (C=O) groups excluding carboxylic acids is 2. The maximum atomic E-state index is 13.3. The molecule has 0 bridgehead atoms. The molecule has 4 rings (SSSR count). The molecular weight excluding hydrogens is 562 g/mol. The summed E-state index contributed by atoms with van der Waals surface area (Å²) in [4.78, 5) is 31.7. The SMILES string of the molecule is O=C(Nc1cccc(Br)c1)C1CC(=O)N(Cc2ccc(F)cc2)C(=Nc2cccc(C(F)(F)F)c2)S1. The van der Waals surface area contributed by atoms with Gasteiger partial charge in [-0.25, -0.2) is 9.38 Å². The molecule has 1 fully saturated rings. The Morgan fingerprint density at radius 2 is 1.81 bits per heavy atom. The summed E-state index contributed by atoms with van der Waals surface area (Å²) in [5, 5.41) is 1.97. The fourth-order valence-corrected chi connectivity index (χ4v) is 4.92. The molecule has 3 aromatic carbocycles. The zero-order valence-electron chi connectivity index (χ0n) is 18.4. The van der Waals surface area contributed by atoms with Crippen molar-refractivity contribution in [3.63, 3.8) is 0 Å². The summed E-state index contributed by atoms with van der Waals surface area (Å²) in [6.07, 6.45) is -4.71. The summed E-state index contributed by atoms with van der Waals surface area (Å²) in [6.45, 7) is 0.0177. The first kappa shape index (κ1) is 25.9. The van der Waals surface area contributed by atoms with Gasteiger partial charge in [-0.2, -0.15) is 13.2 Å². The van der Waals surface area contributed by atoms with Crippen LogP contribution in [0.5, 0.6) is 0 Å². The second kappa shape index (κ2) is 10.8. The van der Waals surface area contributed by atoms with E-state index >= 15 is 0 Å². The maximum Gasteiger partial charge on any atom is 0.416 e. The monoisotopic (exact) mass is 579 g/mol. The van der Waals surface area contributed by atoms with E-state index in [9.17, 15) is 27.2 Å². The quantitative estimate of drug-likeness (QED) is 0.339. The number of hydrogen-bond donors (Lipinski definition) is 1. The zero-order valence-corrected chi connectivity index (χ0v) is 20.8. The highest BCUT2D eigenvalue weighted by Crippen LogP contribution is 2.34. The summed E-state index contributed by atoms with van der Waals surface area (Å²) in [5.74, 6) is -1.32. The Bertz CT molecular complexity index is 1320. The number of aliphatic imine (C=N–C) groups is 1. The van der Waals surface area contributed by atoms with Crippen LogP contribution in [0.1, 0.15) is 17.5 Å². The minimum Gasteiger partial charge on any atom is -0.325 e. The van der Waals surface area contributed by atoms with Crippen molar-refractivity contribution in [3.8, 4) is 0 Å². The van der Waals surface area contributed by atoms with Crippen LogP contribution < -0.4 is 5.32 Å². The molecule has 186 valence electrons. The number of amidine groups is 1. The number of benzene rings is 3. The van der Waals surface area contributed by atoms with Gasteiger partial charge in [0.1, 0.15) is 11.1 Å². The molecule has 0 saturated carbocycles. The van der Waals surface area contributed by atoms with Crippen LogP contribution in [-0.2, 0) is 22.3 Å². The first-order valence-electron chi connectivity index (χ1n) is 10.6. The average molecular weight is 580 g/mol. The van der Waals surface area contributed by atoms with Crippen LogP contribution in [0, 0.1) is 5.82 Å². The average Bonchev–Trinajstić information content (AvgIpc) is 2.82. The third kappa shape index (κ3) is 6.52. The highest BCUT2D eigenvalue weighted by atomic mass is 79.9. The number of nitrogens with one attached hydrogen (secondary N) is 1. The van der Waals surface area contributed by atoms with Crippen molar-refractivity contribution >= 4 is 56.0 Å². The van der Waals surface area contributed by atoms with E-state index in [-0.39, 0.29) is 23.8 Å². The molecule has 0 radical (unpaired) electrons. The number of thioether (sulfide) groups is 1. The van der Waals surface area contributed by atoms with Gasteiger partial charge in [-0.1, -0.05) is 52.0 Å². The predicted octanol–water partition coefficient (Wildman–Crippen LogP) is 6.77. The summed E-state index contributed by atoms with van der Waals surface area (Å²) in [7, 11) is 0. The standard InChI is InChI=1S/C25H18BrF4N3O2S/c26-17-4-2-6-20(12-17)31-23(35)21-13-22(34)33(14-15-7-9-18(27)10-8-15)24(36-21)32-19-5-1-3-16(11-19)25(28,29)30/h1-12,21H,13-14H2,(H,31,35). The Kier molecular flexibility index (Phi) is 7.79. The highest BCUT2D eigenvalue weighted by Gasteiger charge is 2.36. The lowest BCUT2D eigenvalue weighted by Gasteiger charge is -2.32. The van der Waals surface area contributed by atoms with Gasteiger partial charge >= 0.3 is 6.18 Å². The predicted molar refractivity (Wildman–Crippen MR) is 134 cm³/mol. The van der Waals surface area contributed by atoms with Gasteiger partial charge in [-0.15, -0.1) is 0 Å². The van der Waals surface area contributed by atoms with Gasteiger partial charge in [0.15, 0.2) is 5.17 Å². The van der Waals surface area contributed by atoms with Gasteiger partial charge in [-0.3, -0.25) is 14.5 Å². The maximum absolute atomic E-state index is 13.3.